The smallest absolute Gasteiger partial charge is 0.166 e. The highest BCUT2D eigenvalue weighted by Crippen LogP contribution is 2.31. The van der Waals surface area contributed by atoms with E-state index in [1.165, 1.54) is 12.1 Å². The summed E-state index contributed by atoms with van der Waals surface area (Å²) < 4.78 is 37.5. The average Bonchev–Trinajstić information content (AvgIpc) is 2.34. The molecule has 0 aliphatic carbocycles. The van der Waals surface area contributed by atoms with E-state index in [1.807, 2.05) is 19.9 Å². The first-order valence-corrected chi connectivity index (χ1v) is 6.20. The van der Waals surface area contributed by atoms with Crippen molar-refractivity contribution < 1.29 is 13.2 Å². The highest BCUT2D eigenvalue weighted by atomic mass is 19.4. The van der Waals surface area contributed by atoms with Crippen LogP contribution in [-0.2, 0) is 6.18 Å². The van der Waals surface area contributed by atoms with Crippen LogP contribution in [-0.4, -0.2) is 0 Å². The van der Waals surface area contributed by atoms with E-state index in [-0.39, 0.29) is 5.92 Å². The Kier molecular flexibility index (Phi) is 5.21. The molecule has 0 saturated heterocycles. The van der Waals surface area contributed by atoms with E-state index in [4.69, 9.17) is 6.42 Å². The molecule has 0 heterocycles. The lowest BCUT2D eigenvalue weighted by molar-refractivity contribution is -0.137. The number of halogens is 3. The Morgan fingerprint density at radius 2 is 1.85 bits per heavy atom. The van der Waals surface area contributed by atoms with Crippen LogP contribution >= 0.6 is 0 Å². The van der Waals surface area contributed by atoms with Gasteiger partial charge in [0.25, 0.3) is 0 Å². The van der Waals surface area contributed by atoms with Gasteiger partial charge in [-0.25, -0.2) is 0 Å². The van der Waals surface area contributed by atoms with Gasteiger partial charge in [0.2, 0.25) is 0 Å². The summed E-state index contributed by atoms with van der Waals surface area (Å²) in [5.74, 6) is 2.35. The van der Waals surface area contributed by atoms with E-state index in [2.05, 4.69) is 12.5 Å². The van der Waals surface area contributed by atoms with Crippen molar-refractivity contribution in [1.82, 2.24) is 0 Å². The van der Waals surface area contributed by atoms with Crippen molar-refractivity contribution in [2.45, 2.75) is 32.4 Å². The van der Waals surface area contributed by atoms with E-state index in [9.17, 15) is 13.2 Å². The molecule has 1 rings (SSSR count). The van der Waals surface area contributed by atoms with E-state index >= 15 is 0 Å². The third-order valence-electron chi connectivity index (χ3n) is 2.80. The maximum atomic E-state index is 12.5. The molecular weight excluding hydrogens is 261 g/mol. The Labute approximate surface area is 118 Å². The van der Waals surface area contributed by atoms with Crippen molar-refractivity contribution in [1.29, 1.82) is 0 Å². The summed E-state index contributed by atoms with van der Waals surface area (Å²) in [5.41, 5.74) is 2.01. The second kappa shape index (κ2) is 6.47. The molecule has 0 saturated carbocycles. The van der Waals surface area contributed by atoms with Crippen LogP contribution < -0.4 is 0 Å². The molecule has 20 heavy (non-hydrogen) atoms. The van der Waals surface area contributed by atoms with Crippen molar-refractivity contribution >= 4 is 0 Å². The van der Waals surface area contributed by atoms with Gasteiger partial charge in [-0.1, -0.05) is 41.9 Å². The fourth-order valence-electron chi connectivity index (χ4n) is 1.91. The zero-order valence-electron chi connectivity index (χ0n) is 11.6. The van der Waals surface area contributed by atoms with Gasteiger partial charge in [-0.3, -0.25) is 0 Å². The summed E-state index contributed by atoms with van der Waals surface area (Å²) >= 11 is 0. The molecule has 0 nitrogen and oxygen atoms in total. The van der Waals surface area contributed by atoms with E-state index in [0.29, 0.717) is 12.0 Å². The molecule has 0 aliphatic heterocycles. The minimum atomic E-state index is -4.32. The molecular formula is C17H17F3. The lowest BCUT2D eigenvalue weighted by atomic mass is 9.92. The second-order valence-corrected chi connectivity index (χ2v) is 4.92. The van der Waals surface area contributed by atoms with Gasteiger partial charge in [0.1, 0.15) is 0 Å². The van der Waals surface area contributed by atoms with Crippen molar-refractivity contribution in [2.75, 3.05) is 0 Å². The Hall–Kier alpha value is -1.95. The molecule has 0 radical (unpaired) electrons. The van der Waals surface area contributed by atoms with Crippen LogP contribution in [0.25, 0.3) is 0 Å². The summed E-state index contributed by atoms with van der Waals surface area (Å²) in [5, 5.41) is 0. The van der Waals surface area contributed by atoms with Gasteiger partial charge in [0.05, 0.1) is 5.56 Å². The maximum absolute atomic E-state index is 12.5. The number of allylic oxidation sites excluding steroid dienone is 3. The summed E-state index contributed by atoms with van der Waals surface area (Å²) in [6.07, 6.45) is 3.61. The zero-order valence-corrected chi connectivity index (χ0v) is 11.6. The average molecular weight is 278 g/mol. The first kappa shape index (κ1) is 16.1. The Balaban J connectivity index is 2.90. The molecule has 1 aromatic rings. The third kappa shape index (κ3) is 4.62. The van der Waals surface area contributed by atoms with Gasteiger partial charge in [-0.05, 0) is 38.0 Å². The minimum Gasteiger partial charge on any atom is -0.166 e. The summed E-state index contributed by atoms with van der Waals surface area (Å²) in [7, 11) is 0. The highest BCUT2D eigenvalue weighted by molar-refractivity contribution is 5.34. The SMILES string of the molecule is C#CC(CC(=C)C=C(C)C)c1ccc(C(F)(F)F)cc1. The molecule has 0 aromatic heterocycles. The van der Waals surface area contributed by atoms with Crippen LogP contribution in [0.2, 0.25) is 0 Å². The molecule has 0 spiro atoms. The zero-order chi connectivity index (χ0) is 15.3. The Morgan fingerprint density at radius 1 is 1.30 bits per heavy atom. The van der Waals surface area contributed by atoms with Crippen LogP contribution in [0.3, 0.4) is 0 Å². The molecule has 3 heteroatoms. The molecule has 0 N–H and O–H groups in total. The summed E-state index contributed by atoms with van der Waals surface area (Å²) in [4.78, 5) is 0. The first-order valence-electron chi connectivity index (χ1n) is 6.20. The van der Waals surface area contributed by atoms with Crippen molar-refractivity contribution in [2.24, 2.45) is 0 Å². The number of benzene rings is 1. The molecule has 0 fully saturated rings. The fourth-order valence-corrected chi connectivity index (χ4v) is 1.91. The van der Waals surface area contributed by atoms with Gasteiger partial charge < -0.3 is 0 Å². The normalized spacial score (nSPS) is 12.4. The second-order valence-electron chi connectivity index (χ2n) is 4.92. The summed E-state index contributed by atoms with van der Waals surface area (Å²) in [6, 6.07) is 4.99. The van der Waals surface area contributed by atoms with Crippen LogP contribution in [0.4, 0.5) is 13.2 Å². The maximum Gasteiger partial charge on any atom is 0.416 e. The Morgan fingerprint density at radius 3 is 2.25 bits per heavy atom. The number of terminal acetylenes is 1. The standard InChI is InChI=1S/C17H17F3/c1-5-14(11-13(4)10-12(2)3)15-6-8-16(9-7-15)17(18,19)20/h1,6-10,14H,4,11H2,2-3H3. The van der Waals surface area contributed by atoms with Crippen molar-refractivity contribution in [3.63, 3.8) is 0 Å². The van der Waals surface area contributed by atoms with Crippen LogP contribution in [0.5, 0.6) is 0 Å². The monoisotopic (exact) mass is 278 g/mol. The van der Waals surface area contributed by atoms with E-state index < -0.39 is 11.7 Å². The molecule has 0 bridgehead atoms. The van der Waals surface area contributed by atoms with Crippen molar-refractivity contribution in [3.05, 3.63) is 59.2 Å². The number of hydrogen-bond acceptors (Lipinski definition) is 0. The number of alkyl halides is 3. The number of rotatable bonds is 4. The summed E-state index contributed by atoms with van der Waals surface area (Å²) in [6.45, 7) is 7.82. The van der Waals surface area contributed by atoms with Crippen molar-refractivity contribution in [3.8, 4) is 12.3 Å². The predicted octanol–water partition coefficient (Wildman–Crippen LogP) is 5.33. The van der Waals surface area contributed by atoms with Gasteiger partial charge in [0.15, 0.2) is 0 Å². The minimum absolute atomic E-state index is 0.264. The number of hydrogen-bond donors (Lipinski definition) is 0. The predicted molar refractivity (Wildman–Crippen MR) is 76.2 cm³/mol. The molecule has 106 valence electrons. The van der Waals surface area contributed by atoms with Crippen LogP contribution in [0.15, 0.2) is 48.1 Å². The Bertz CT molecular complexity index is 535. The quantitative estimate of drug-likeness (QED) is 0.515. The van der Waals surface area contributed by atoms with E-state index in [0.717, 1.165) is 23.3 Å². The molecule has 1 atom stereocenters. The van der Waals surface area contributed by atoms with Gasteiger partial charge >= 0.3 is 6.18 Å². The highest BCUT2D eigenvalue weighted by Gasteiger charge is 2.30. The lowest BCUT2D eigenvalue weighted by Gasteiger charge is -2.13. The topological polar surface area (TPSA) is 0 Å². The van der Waals surface area contributed by atoms with Gasteiger partial charge in [-0.15, -0.1) is 6.42 Å². The van der Waals surface area contributed by atoms with Crippen LogP contribution in [0.1, 0.15) is 37.3 Å². The molecule has 1 aromatic carbocycles. The van der Waals surface area contributed by atoms with Gasteiger partial charge in [0, 0.05) is 5.92 Å². The van der Waals surface area contributed by atoms with Gasteiger partial charge in [-0.2, -0.15) is 13.2 Å². The lowest BCUT2D eigenvalue weighted by Crippen LogP contribution is -2.05. The van der Waals surface area contributed by atoms with E-state index in [1.54, 1.807) is 0 Å². The first-order chi connectivity index (χ1) is 9.24. The molecule has 0 aliphatic rings. The third-order valence-corrected chi connectivity index (χ3v) is 2.80. The largest absolute Gasteiger partial charge is 0.416 e. The molecule has 1 unspecified atom stereocenters. The van der Waals surface area contributed by atoms with Crippen LogP contribution in [0, 0.1) is 12.3 Å². The fraction of sp³-hybridized carbons (Fsp3) is 0.294. The molecule has 0 amide bonds.